The Labute approximate surface area is 174 Å². The summed E-state index contributed by atoms with van der Waals surface area (Å²) in [7, 11) is 0. The molecule has 6 nitrogen and oxygen atoms in total. The van der Waals surface area contributed by atoms with Gasteiger partial charge < -0.3 is 15.4 Å². The third-order valence-corrected chi connectivity index (χ3v) is 4.72. The summed E-state index contributed by atoms with van der Waals surface area (Å²) in [5.74, 6) is -0.266. The van der Waals surface area contributed by atoms with Gasteiger partial charge in [0.15, 0.2) is 5.11 Å². The van der Waals surface area contributed by atoms with E-state index >= 15 is 0 Å². The molecule has 0 spiro atoms. The van der Waals surface area contributed by atoms with Crippen LogP contribution in [0.25, 0.3) is 0 Å². The Hall–Kier alpha value is -2.48. The number of anilines is 1. The fourth-order valence-electron chi connectivity index (χ4n) is 2.76. The summed E-state index contributed by atoms with van der Waals surface area (Å²) in [6.45, 7) is 1.49. The lowest BCUT2D eigenvalue weighted by Crippen LogP contribution is -2.37. The number of hydrogen-bond donors (Lipinski definition) is 3. The van der Waals surface area contributed by atoms with E-state index in [4.69, 9.17) is 28.6 Å². The van der Waals surface area contributed by atoms with Gasteiger partial charge >= 0.3 is 0 Å². The van der Waals surface area contributed by atoms with Crippen molar-refractivity contribution in [2.75, 3.05) is 18.5 Å². The number of thiocarbonyl (C=S) groups is 1. The lowest BCUT2D eigenvalue weighted by Gasteiger charge is -2.11. The van der Waals surface area contributed by atoms with E-state index < -0.39 is 0 Å². The highest BCUT2D eigenvalue weighted by molar-refractivity contribution is 7.80. The van der Waals surface area contributed by atoms with Crippen molar-refractivity contribution in [3.05, 3.63) is 64.7 Å². The molecule has 1 aliphatic rings. The molecular formula is C20H21ClN4O2S. The van der Waals surface area contributed by atoms with Gasteiger partial charge in [0, 0.05) is 18.8 Å². The molecule has 8 heteroatoms. The minimum Gasteiger partial charge on any atom is -0.376 e. The van der Waals surface area contributed by atoms with Crippen molar-refractivity contribution in [3.63, 3.8) is 0 Å². The van der Waals surface area contributed by atoms with Crippen LogP contribution in [0, 0.1) is 0 Å². The summed E-state index contributed by atoms with van der Waals surface area (Å²) >= 11 is 11.3. The highest BCUT2D eigenvalue weighted by atomic mass is 35.5. The molecule has 0 bridgehead atoms. The monoisotopic (exact) mass is 416 g/mol. The molecule has 1 saturated heterocycles. The Morgan fingerprint density at radius 1 is 1.29 bits per heavy atom. The minimum absolute atomic E-state index is 0.210. The van der Waals surface area contributed by atoms with E-state index in [9.17, 15) is 4.79 Å². The summed E-state index contributed by atoms with van der Waals surface area (Å²) < 4.78 is 5.53. The van der Waals surface area contributed by atoms with E-state index in [-0.39, 0.29) is 12.0 Å². The lowest BCUT2D eigenvalue weighted by molar-refractivity contribution is 0.102. The minimum atomic E-state index is -0.266. The van der Waals surface area contributed by atoms with E-state index in [0.717, 1.165) is 25.0 Å². The molecule has 0 saturated carbocycles. The molecular weight excluding hydrogens is 396 g/mol. The van der Waals surface area contributed by atoms with Crippen molar-refractivity contribution in [3.8, 4) is 0 Å². The first kappa shape index (κ1) is 20.3. The Morgan fingerprint density at radius 3 is 2.93 bits per heavy atom. The maximum absolute atomic E-state index is 12.4. The number of carbonyl (C=O) groups is 1. The molecule has 146 valence electrons. The molecule has 28 heavy (non-hydrogen) atoms. The third kappa shape index (κ3) is 6.02. The van der Waals surface area contributed by atoms with Crippen LogP contribution in [0.2, 0.25) is 5.02 Å². The molecule has 0 aliphatic carbocycles. The number of amides is 1. The van der Waals surface area contributed by atoms with Crippen molar-refractivity contribution in [2.24, 2.45) is 5.10 Å². The van der Waals surface area contributed by atoms with Crippen molar-refractivity contribution < 1.29 is 9.53 Å². The third-order valence-electron chi connectivity index (χ3n) is 4.16. The Balaban J connectivity index is 1.51. The standard InChI is InChI=1S/C20H21ClN4O2S/c21-18-9-2-1-8-17(18)19(26)24-15-6-3-5-14(11-15)12-23-25-20(28)22-13-16-7-4-10-27-16/h1-3,5-6,8-9,11-12,16H,4,7,10,13H2,(H,24,26)(H2,22,25,28)/b23-12-/t16-/m0/s1. The average Bonchev–Trinajstić information content (AvgIpc) is 3.21. The van der Waals surface area contributed by atoms with Crippen LogP contribution < -0.4 is 16.1 Å². The molecule has 1 fully saturated rings. The van der Waals surface area contributed by atoms with Crippen LogP contribution in [0.15, 0.2) is 53.6 Å². The quantitative estimate of drug-likeness (QED) is 0.381. The van der Waals surface area contributed by atoms with Crippen LogP contribution in [-0.2, 0) is 4.74 Å². The number of benzene rings is 2. The molecule has 2 aromatic carbocycles. The molecule has 0 unspecified atom stereocenters. The van der Waals surface area contributed by atoms with Crippen molar-refractivity contribution in [1.82, 2.24) is 10.7 Å². The molecule has 1 amide bonds. The highest BCUT2D eigenvalue weighted by Crippen LogP contribution is 2.17. The van der Waals surface area contributed by atoms with Gasteiger partial charge in [-0.2, -0.15) is 5.10 Å². The van der Waals surface area contributed by atoms with E-state index in [1.54, 1.807) is 36.5 Å². The normalized spacial score (nSPS) is 16.1. The molecule has 0 aromatic heterocycles. The fourth-order valence-corrected chi connectivity index (χ4v) is 3.11. The summed E-state index contributed by atoms with van der Waals surface area (Å²) in [4.78, 5) is 12.4. The first-order valence-electron chi connectivity index (χ1n) is 8.96. The van der Waals surface area contributed by atoms with Crippen LogP contribution in [0.5, 0.6) is 0 Å². The van der Waals surface area contributed by atoms with Gasteiger partial charge in [0.25, 0.3) is 5.91 Å². The van der Waals surface area contributed by atoms with Gasteiger partial charge in [-0.3, -0.25) is 10.2 Å². The van der Waals surface area contributed by atoms with Gasteiger partial charge in [0.05, 0.1) is 22.9 Å². The summed E-state index contributed by atoms with van der Waals surface area (Å²) in [5.41, 5.74) is 4.66. The van der Waals surface area contributed by atoms with Crippen LogP contribution >= 0.6 is 23.8 Å². The smallest absolute Gasteiger partial charge is 0.257 e. The summed E-state index contributed by atoms with van der Waals surface area (Å²) in [5, 5.41) is 10.9. The topological polar surface area (TPSA) is 74.8 Å². The molecule has 1 heterocycles. The van der Waals surface area contributed by atoms with E-state index in [1.165, 1.54) is 0 Å². The van der Waals surface area contributed by atoms with Crippen LogP contribution in [0.4, 0.5) is 5.69 Å². The number of nitrogens with one attached hydrogen (secondary N) is 3. The Morgan fingerprint density at radius 2 is 2.14 bits per heavy atom. The fraction of sp³-hybridized carbons (Fsp3) is 0.250. The number of rotatable bonds is 6. The summed E-state index contributed by atoms with van der Waals surface area (Å²) in [6.07, 6.45) is 3.98. The van der Waals surface area contributed by atoms with Crippen molar-refractivity contribution >= 4 is 46.7 Å². The number of hydrogen-bond acceptors (Lipinski definition) is 4. The van der Waals surface area contributed by atoms with Gasteiger partial charge in [0.2, 0.25) is 0 Å². The predicted octanol–water partition coefficient (Wildman–Crippen LogP) is 3.57. The Kier molecular flexibility index (Phi) is 7.36. The number of halogens is 1. The number of ether oxygens (including phenoxy) is 1. The SMILES string of the molecule is O=C(Nc1cccc(/C=N\NC(=S)NC[C@@H]2CCCO2)c1)c1ccccc1Cl. The highest BCUT2D eigenvalue weighted by Gasteiger charge is 2.15. The van der Waals surface area contributed by atoms with Crippen LogP contribution in [-0.4, -0.2) is 36.5 Å². The van der Waals surface area contributed by atoms with Gasteiger partial charge in [0.1, 0.15) is 0 Å². The van der Waals surface area contributed by atoms with Crippen molar-refractivity contribution in [2.45, 2.75) is 18.9 Å². The van der Waals surface area contributed by atoms with Crippen molar-refractivity contribution in [1.29, 1.82) is 0 Å². The van der Waals surface area contributed by atoms with Gasteiger partial charge in [-0.25, -0.2) is 0 Å². The number of nitrogens with zero attached hydrogens (tertiary/aromatic N) is 1. The summed E-state index contributed by atoms with van der Waals surface area (Å²) in [6, 6.07) is 14.2. The number of hydrazone groups is 1. The van der Waals surface area contributed by atoms with E-state index in [1.807, 2.05) is 18.2 Å². The maximum Gasteiger partial charge on any atom is 0.257 e. The van der Waals surface area contributed by atoms with Crippen LogP contribution in [0.3, 0.4) is 0 Å². The zero-order chi connectivity index (χ0) is 19.8. The predicted molar refractivity (Wildman–Crippen MR) is 116 cm³/mol. The largest absolute Gasteiger partial charge is 0.376 e. The molecule has 3 N–H and O–H groups in total. The molecule has 2 aromatic rings. The lowest BCUT2D eigenvalue weighted by atomic mass is 10.2. The Bertz CT molecular complexity index is 869. The number of carbonyl (C=O) groups excluding carboxylic acids is 1. The van der Waals surface area contributed by atoms with E-state index in [0.29, 0.717) is 27.9 Å². The molecule has 1 aliphatic heterocycles. The zero-order valence-electron chi connectivity index (χ0n) is 15.2. The second-order valence-electron chi connectivity index (χ2n) is 6.27. The van der Waals surface area contributed by atoms with Crippen LogP contribution in [0.1, 0.15) is 28.8 Å². The molecule has 0 radical (unpaired) electrons. The second-order valence-corrected chi connectivity index (χ2v) is 7.09. The first-order valence-corrected chi connectivity index (χ1v) is 9.75. The molecule has 1 atom stereocenters. The van der Waals surface area contributed by atoms with Gasteiger partial charge in [-0.1, -0.05) is 35.9 Å². The zero-order valence-corrected chi connectivity index (χ0v) is 16.7. The second kappa shape index (κ2) is 10.2. The first-order chi connectivity index (χ1) is 13.6. The van der Waals surface area contributed by atoms with Gasteiger partial charge in [-0.05, 0) is 54.9 Å². The molecule has 3 rings (SSSR count). The van der Waals surface area contributed by atoms with E-state index in [2.05, 4.69) is 21.2 Å². The average molecular weight is 417 g/mol. The maximum atomic E-state index is 12.4. The van der Waals surface area contributed by atoms with Gasteiger partial charge in [-0.15, -0.1) is 0 Å².